The van der Waals surface area contributed by atoms with Gasteiger partial charge in [-0.25, -0.2) is 0 Å². The molecule has 0 rings (SSSR count). The van der Waals surface area contributed by atoms with Crippen LogP contribution < -0.4 is 0 Å². The molecule has 0 N–H and O–H groups in total. The summed E-state index contributed by atoms with van der Waals surface area (Å²) in [6.07, 6.45) is 0. The summed E-state index contributed by atoms with van der Waals surface area (Å²) in [6.45, 7) is 8.41. The van der Waals surface area contributed by atoms with E-state index in [4.69, 9.17) is 0 Å². The zero-order chi connectivity index (χ0) is 10.4. The third-order valence-corrected chi connectivity index (χ3v) is 3.20. The van der Waals surface area contributed by atoms with Crippen molar-refractivity contribution >= 4 is 17.7 Å². The lowest BCUT2D eigenvalue weighted by Crippen LogP contribution is -2.34. The molecular formula is C10H21NOS. The van der Waals surface area contributed by atoms with E-state index in [9.17, 15) is 4.79 Å². The van der Waals surface area contributed by atoms with Crippen LogP contribution in [-0.2, 0) is 4.79 Å². The van der Waals surface area contributed by atoms with E-state index in [0.717, 1.165) is 5.75 Å². The third-order valence-electron chi connectivity index (χ3n) is 1.84. The topological polar surface area (TPSA) is 20.3 Å². The van der Waals surface area contributed by atoms with E-state index in [1.54, 1.807) is 16.7 Å². The SMILES string of the molecule is CC(C)CSCC(=O)N(C)C(C)C. The summed E-state index contributed by atoms with van der Waals surface area (Å²) < 4.78 is 0. The average molecular weight is 203 g/mol. The molecule has 0 fully saturated rings. The fourth-order valence-corrected chi connectivity index (χ4v) is 1.74. The number of carbonyl (C=O) groups excluding carboxylic acids is 1. The van der Waals surface area contributed by atoms with Gasteiger partial charge in [0.2, 0.25) is 5.91 Å². The molecule has 0 aliphatic rings. The minimum Gasteiger partial charge on any atom is -0.343 e. The van der Waals surface area contributed by atoms with Gasteiger partial charge in [-0.15, -0.1) is 0 Å². The van der Waals surface area contributed by atoms with E-state index < -0.39 is 0 Å². The van der Waals surface area contributed by atoms with Crippen LogP contribution in [0.4, 0.5) is 0 Å². The van der Waals surface area contributed by atoms with Gasteiger partial charge in [-0.3, -0.25) is 4.79 Å². The summed E-state index contributed by atoms with van der Waals surface area (Å²) in [5.74, 6) is 2.59. The number of carbonyl (C=O) groups is 1. The smallest absolute Gasteiger partial charge is 0.232 e. The molecule has 0 bridgehead atoms. The van der Waals surface area contributed by atoms with Crippen molar-refractivity contribution in [2.75, 3.05) is 18.6 Å². The normalized spacial score (nSPS) is 11.0. The molecule has 0 aromatic heterocycles. The van der Waals surface area contributed by atoms with Crippen molar-refractivity contribution in [2.45, 2.75) is 33.7 Å². The summed E-state index contributed by atoms with van der Waals surface area (Å²) in [6, 6.07) is 0.312. The Labute approximate surface area is 86.1 Å². The third kappa shape index (κ3) is 5.97. The second kappa shape index (κ2) is 6.30. The summed E-state index contributed by atoms with van der Waals surface area (Å²) in [5, 5.41) is 0. The van der Waals surface area contributed by atoms with Gasteiger partial charge >= 0.3 is 0 Å². The molecule has 0 spiro atoms. The van der Waals surface area contributed by atoms with Crippen LogP contribution in [0.2, 0.25) is 0 Å². The maximum atomic E-state index is 11.5. The first-order valence-electron chi connectivity index (χ1n) is 4.78. The molecule has 0 unspecified atom stereocenters. The van der Waals surface area contributed by atoms with Crippen LogP contribution in [-0.4, -0.2) is 35.4 Å². The fraction of sp³-hybridized carbons (Fsp3) is 0.900. The van der Waals surface area contributed by atoms with Crippen molar-refractivity contribution in [3.63, 3.8) is 0 Å². The lowest BCUT2D eigenvalue weighted by Gasteiger charge is -2.21. The van der Waals surface area contributed by atoms with Crippen molar-refractivity contribution in [2.24, 2.45) is 5.92 Å². The minimum atomic E-state index is 0.237. The molecule has 0 atom stereocenters. The number of amides is 1. The van der Waals surface area contributed by atoms with E-state index >= 15 is 0 Å². The van der Waals surface area contributed by atoms with Crippen LogP contribution in [0, 0.1) is 5.92 Å². The van der Waals surface area contributed by atoms with Crippen molar-refractivity contribution in [1.82, 2.24) is 4.90 Å². The Morgan fingerprint density at radius 3 is 2.23 bits per heavy atom. The number of rotatable bonds is 5. The molecule has 0 aromatic rings. The molecule has 3 heteroatoms. The zero-order valence-corrected chi connectivity index (χ0v) is 10.1. The Bertz CT molecular complexity index is 157. The second-order valence-electron chi connectivity index (χ2n) is 4.01. The highest BCUT2D eigenvalue weighted by Gasteiger charge is 2.11. The molecule has 13 heavy (non-hydrogen) atoms. The Kier molecular flexibility index (Phi) is 6.21. The Morgan fingerprint density at radius 2 is 1.85 bits per heavy atom. The van der Waals surface area contributed by atoms with Crippen LogP contribution >= 0.6 is 11.8 Å². The standard InChI is InChI=1S/C10H21NOS/c1-8(2)6-13-7-10(12)11(5)9(3)4/h8-9H,6-7H2,1-5H3. The molecule has 0 aliphatic heterocycles. The van der Waals surface area contributed by atoms with E-state index in [0.29, 0.717) is 17.7 Å². The van der Waals surface area contributed by atoms with Gasteiger partial charge < -0.3 is 4.90 Å². The number of hydrogen-bond donors (Lipinski definition) is 0. The molecule has 2 nitrogen and oxygen atoms in total. The van der Waals surface area contributed by atoms with Crippen molar-refractivity contribution in [1.29, 1.82) is 0 Å². The van der Waals surface area contributed by atoms with Crippen molar-refractivity contribution < 1.29 is 4.79 Å². The van der Waals surface area contributed by atoms with Gasteiger partial charge in [0.25, 0.3) is 0 Å². The first-order valence-corrected chi connectivity index (χ1v) is 5.94. The highest BCUT2D eigenvalue weighted by Crippen LogP contribution is 2.08. The molecule has 0 aliphatic carbocycles. The Balaban J connectivity index is 3.62. The summed E-state index contributed by atoms with van der Waals surface area (Å²) in [5.41, 5.74) is 0. The van der Waals surface area contributed by atoms with Gasteiger partial charge in [0.05, 0.1) is 5.75 Å². The van der Waals surface area contributed by atoms with Gasteiger partial charge in [-0.2, -0.15) is 11.8 Å². The highest BCUT2D eigenvalue weighted by molar-refractivity contribution is 7.99. The van der Waals surface area contributed by atoms with E-state index in [-0.39, 0.29) is 5.91 Å². The van der Waals surface area contributed by atoms with Crippen LogP contribution in [0.3, 0.4) is 0 Å². The summed E-state index contributed by atoms with van der Waals surface area (Å²) >= 11 is 1.72. The van der Waals surface area contributed by atoms with Gasteiger partial charge in [0.15, 0.2) is 0 Å². The lowest BCUT2D eigenvalue weighted by molar-refractivity contribution is -0.128. The first-order chi connectivity index (χ1) is 5.95. The number of hydrogen-bond acceptors (Lipinski definition) is 2. The number of thioether (sulfide) groups is 1. The average Bonchev–Trinajstić information content (AvgIpc) is 2.02. The van der Waals surface area contributed by atoms with Crippen LogP contribution in [0.5, 0.6) is 0 Å². The Hall–Kier alpha value is -0.180. The van der Waals surface area contributed by atoms with Crippen molar-refractivity contribution in [3.05, 3.63) is 0 Å². The van der Waals surface area contributed by atoms with E-state index in [2.05, 4.69) is 13.8 Å². The maximum Gasteiger partial charge on any atom is 0.232 e. The highest BCUT2D eigenvalue weighted by atomic mass is 32.2. The van der Waals surface area contributed by atoms with Gasteiger partial charge in [-0.1, -0.05) is 13.8 Å². The molecule has 0 aromatic carbocycles. The quantitative estimate of drug-likeness (QED) is 0.683. The molecule has 0 saturated carbocycles. The van der Waals surface area contributed by atoms with Gasteiger partial charge in [-0.05, 0) is 25.5 Å². The molecular weight excluding hydrogens is 182 g/mol. The van der Waals surface area contributed by atoms with E-state index in [1.807, 2.05) is 20.9 Å². The molecule has 0 saturated heterocycles. The van der Waals surface area contributed by atoms with Crippen LogP contribution in [0.25, 0.3) is 0 Å². The predicted molar refractivity (Wildman–Crippen MR) is 60.1 cm³/mol. The van der Waals surface area contributed by atoms with Gasteiger partial charge in [0, 0.05) is 13.1 Å². The molecule has 1 amide bonds. The minimum absolute atomic E-state index is 0.237. The van der Waals surface area contributed by atoms with Crippen LogP contribution in [0.15, 0.2) is 0 Å². The number of nitrogens with zero attached hydrogens (tertiary/aromatic N) is 1. The molecule has 0 radical (unpaired) electrons. The van der Waals surface area contributed by atoms with Gasteiger partial charge in [0.1, 0.15) is 0 Å². The second-order valence-corrected chi connectivity index (χ2v) is 5.04. The summed E-state index contributed by atoms with van der Waals surface area (Å²) in [4.78, 5) is 13.3. The van der Waals surface area contributed by atoms with Crippen molar-refractivity contribution in [3.8, 4) is 0 Å². The monoisotopic (exact) mass is 203 g/mol. The summed E-state index contributed by atoms with van der Waals surface area (Å²) in [7, 11) is 1.86. The van der Waals surface area contributed by atoms with E-state index in [1.165, 1.54) is 0 Å². The predicted octanol–water partition coefficient (Wildman–Crippen LogP) is 2.24. The van der Waals surface area contributed by atoms with Crippen LogP contribution in [0.1, 0.15) is 27.7 Å². The maximum absolute atomic E-state index is 11.5. The first kappa shape index (κ1) is 12.8. The lowest BCUT2D eigenvalue weighted by atomic mass is 10.3. The fourth-order valence-electron chi connectivity index (χ4n) is 0.772. The molecule has 0 heterocycles. The Morgan fingerprint density at radius 1 is 1.31 bits per heavy atom. The largest absolute Gasteiger partial charge is 0.343 e. The zero-order valence-electron chi connectivity index (χ0n) is 9.33. The molecule has 78 valence electrons.